The van der Waals surface area contributed by atoms with Gasteiger partial charge in [-0.25, -0.2) is 4.98 Å². The summed E-state index contributed by atoms with van der Waals surface area (Å²) in [5.74, 6) is 0.805. The lowest BCUT2D eigenvalue weighted by Crippen LogP contribution is -2.46. The van der Waals surface area contributed by atoms with Gasteiger partial charge in [0.05, 0.1) is 11.8 Å². The van der Waals surface area contributed by atoms with Crippen LogP contribution in [0, 0.1) is 5.92 Å². The zero-order chi connectivity index (χ0) is 22.7. The Kier molecular flexibility index (Phi) is 5.18. The first-order valence-electron chi connectivity index (χ1n) is 11.1. The third-order valence-corrected chi connectivity index (χ3v) is 8.66. The topological polar surface area (TPSA) is 71.5 Å². The summed E-state index contributed by atoms with van der Waals surface area (Å²) in [6.07, 6.45) is 1.70. The lowest BCUT2D eigenvalue weighted by molar-refractivity contribution is -0.131. The smallest absolute Gasteiger partial charge is 0.261 e. The molecule has 0 saturated heterocycles. The van der Waals surface area contributed by atoms with E-state index in [2.05, 4.69) is 10.7 Å². The summed E-state index contributed by atoms with van der Waals surface area (Å²) in [4.78, 5) is 17.9. The Balaban J connectivity index is 1.13. The number of nitrogens with one attached hydrogen (secondary N) is 1. The van der Waals surface area contributed by atoms with E-state index in [4.69, 9.17) is 32.9 Å². The molecule has 1 aliphatic heterocycles. The first-order valence-corrected chi connectivity index (χ1v) is 12.7. The Bertz CT molecular complexity index is 1220. The number of fused-ring (bicyclic) bond motifs is 2. The summed E-state index contributed by atoms with van der Waals surface area (Å²) in [5, 5.41) is 18.1. The van der Waals surface area contributed by atoms with E-state index < -0.39 is 12.2 Å². The molecule has 8 heteroatoms. The van der Waals surface area contributed by atoms with Crippen molar-refractivity contribution in [2.75, 3.05) is 0 Å². The largest absolute Gasteiger partial charge is 0.480 e. The normalized spacial score (nSPS) is 29.7. The number of amides is 1. The molecular weight excluding hydrogens is 479 g/mol. The molecule has 2 aromatic carbocycles. The second kappa shape index (κ2) is 7.98. The zero-order valence-electron chi connectivity index (χ0n) is 17.6. The van der Waals surface area contributed by atoms with Crippen LogP contribution in [0.2, 0.25) is 10.0 Å². The maximum atomic E-state index is 13.0. The number of benzene rings is 2. The van der Waals surface area contributed by atoms with Crippen molar-refractivity contribution in [1.82, 2.24) is 10.3 Å². The fourth-order valence-corrected chi connectivity index (χ4v) is 6.82. The molecule has 2 N–H and O–H groups in total. The summed E-state index contributed by atoms with van der Waals surface area (Å²) >= 11 is 13.7. The Labute approximate surface area is 205 Å². The fraction of sp³-hybridized carbons (Fsp3) is 0.360. The standard InChI is InChI=1S/C25H22Cl2N2O3S/c26-15-3-1-13(2-4-15)24-29-22(12-33-24)25-9-14(10-25)18(11-25)28-23(31)21-8-19(30)17-7-16(27)5-6-20(17)32-21/h1-7,12,14,18-19,21,30H,8-11H2,(H,28,31)/t14?,18?,19-,21+,25?/m1/s1. The molecule has 4 aliphatic rings. The van der Waals surface area contributed by atoms with Crippen molar-refractivity contribution in [3.05, 3.63) is 69.1 Å². The van der Waals surface area contributed by atoms with Crippen molar-refractivity contribution in [2.24, 2.45) is 5.92 Å². The van der Waals surface area contributed by atoms with Gasteiger partial charge in [0.15, 0.2) is 6.10 Å². The van der Waals surface area contributed by atoms with E-state index in [0.29, 0.717) is 27.3 Å². The molecular formula is C25H22Cl2N2O3S. The fourth-order valence-electron chi connectivity index (χ4n) is 5.56. The first kappa shape index (κ1) is 21.4. The van der Waals surface area contributed by atoms with E-state index in [1.165, 1.54) is 0 Å². The predicted molar refractivity (Wildman–Crippen MR) is 129 cm³/mol. The molecule has 0 radical (unpaired) electrons. The predicted octanol–water partition coefficient (Wildman–Crippen LogP) is 5.54. The summed E-state index contributed by atoms with van der Waals surface area (Å²) < 4.78 is 5.90. The SMILES string of the molecule is O=C(NC1CC2(c3csc(-c4ccc(Cl)cc4)n3)CC1C2)[C@@H]1C[C@@H](O)c2cc(Cl)ccc2O1. The minimum Gasteiger partial charge on any atom is -0.480 e. The van der Waals surface area contributed by atoms with Crippen LogP contribution in [0.3, 0.4) is 0 Å². The highest BCUT2D eigenvalue weighted by Crippen LogP contribution is 2.60. The molecule has 170 valence electrons. The summed E-state index contributed by atoms with van der Waals surface area (Å²) in [5.41, 5.74) is 2.87. The number of carbonyl (C=O) groups is 1. The number of hydrogen-bond donors (Lipinski definition) is 2. The van der Waals surface area contributed by atoms with Crippen LogP contribution in [0.4, 0.5) is 0 Å². The van der Waals surface area contributed by atoms with Crippen LogP contribution < -0.4 is 10.1 Å². The number of halogens is 2. The average molecular weight is 501 g/mol. The Morgan fingerprint density at radius 3 is 2.67 bits per heavy atom. The van der Waals surface area contributed by atoms with Crippen LogP contribution >= 0.6 is 34.5 Å². The molecule has 3 saturated carbocycles. The van der Waals surface area contributed by atoms with Crippen LogP contribution in [0.15, 0.2) is 47.8 Å². The molecule has 2 bridgehead atoms. The molecule has 5 nitrogen and oxygen atoms in total. The van der Waals surface area contributed by atoms with Gasteiger partial charge in [0.1, 0.15) is 10.8 Å². The highest BCUT2D eigenvalue weighted by atomic mass is 35.5. The molecule has 3 fully saturated rings. The van der Waals surface area contributed by atoms with Crippen molar-refractivity contribution in [3.63, 3.8) is 0 Å². The van der Waals surface area contributed by atoms with E-state index in [1.54, 1.807) is 29.5 Å². The lowest BCUT2D eigenvalue weighted by atomic mass is 9.68. The molecule has 1 unspecified atom stereocenters. The number of aliphatic hydroxyl groups excluding tert-OH is 1. The van der Waals surface area contributed by atoms with Crippen molar-refractivity contribution in [3.8, 4) is 16.3 Å². The number of rotatable bonds is 4. The van der Waals surface area contributed by atoms with E-state index in [0.717, 1.165) is 35.5 Å². The number of thiazole rings is 1. The van der Waals surface area contributed by atoms with Gasteiger partial charge in [-0.05, 0) is 55.5 Å². The van der Waals surface area contributed by atoms with Crippen molar-refractivity contribution in [2.45, 2.75) is 49.3 Å². The minimum atomic E-state index is -0.770. The van der Waals surface area contributed by atoms with Gasteiger partial charge in [-0.2, -0.15) is 0 Å². The lowest BCUT2D eigenvalue weighted by Gasteiger charge is -2.37. The maximum absolute atomic E-state index is 13.0. The molecule has 2 heterocycles. The van der Waals surface area contributed by atoms with E-state index in [-0.39, 0.29) is 23.8 Å². The summed E-state index contributed by atoms with van der Waals surface area (Å²) in [6, 6.07) is 13.0. The average Bonchev–Trinajstić information content (AvgIpc) is 3.48. The highest BCUT2D eigenvalue weighted by Gasteiger charge is 2.58. The van der Waals surface area contributed by atoms with Crippen molar-refractivity contribution >= 4 is 40.4 Å². The van der Waals surface area contributed by atoms with Gasteiger partial charge in [-0.15, -0.1) is 11.3 Å². The van der Waals surface area contributed by atoms with Crippen LogP contribution in [-0.2, 0) is 10.2 Å². The third kappa shape index (κ3) is 3.73. The number of carbonyl (C=O) groups excluding carboxylic acids is 1. The summed E-state index contributed by atoms with van der Waals surface area (Å²) in [7, 11) is 0. The molecule has 1 aromatic heterocycles. The van der Waals surface area contributed by atoms with Gasteiger partial charge in [0.2, 0.25) is 0 Å². The van der Waals surface area contributed by atoms with Crippen LogP contribution in [-0.4, -0.2) is 28.1 Å². The molecule has 1 amide bonds. The van der Waals surface area contributed by atoms with E-state index in [9.17, 15) is 9.90 Å². The maximum Gasteiger partial charge on any atom is 0.261 e. The van der Waals surface area contributed by atoms with Crippen LogP contribution in [0.1, 0.15) is 43.0 Å². The molecule has 33 heavy (non-hydrogen) atoms. The van der Waals surface area contributed by atoms with Gasteiger partial charge < -0.3 is 15.2 Å². The number of aromatic nitrogens is 1. The second-order valence-electron chi connectivity index (χ2n) is 9.35. The minimum absolute atomic E-state index is 0.0417. The highest BCUT2D eigenvalue weighted by molar-refractivity contribution is 7.13. The monoisotopic (exact) mass is 500 g/mol. The Hall–Kier alpha value is -2.12. The molecule has 3 aromatic rings. The van der Waals surface area contributed by atoms with Crippen molar-refractivity contribution in [1.29, 1.82) is 0 Å². The Morgan fingerprint density at radius 2 is 1.88 bits per heavy atom. The Morgan fingerprint density at radius 1 is 1.12 bits per heavy atom. The van der Waals surface area contributed by atoms with E-state index >= 15 is 0 Å². The van der Waals surface area contributed by atoms with Crippen molar-refractivity contribution < 1.29 is 14.6 Å². The van der Waals surface area contributed by atoms with Gasteiger partial charge in [0, 0.05) is 44.4 Å². The number of aliphatic hydroxyl groups is 1. The van der Waals surface area contributed by atoms with Gasteiger partial charge in [-0.1, -0.05) is 35.3 Å². The van der Waals surface area contributed by atoms with Gasteiger partial charge in [0.25, 0.3) is 5.91 Å². The molecule has 7 rings (SSSR count). The number of hydrogen-bond acceptors (Lipinski definition) is 5. The molecule has 0 spiro atoms. The first-order chi connectivity index (χ1) is 15.9. The quantitative estimate of drug-likeness (QED) is 0.493. The second-order valence-corrected chi connectivity index (χ2v) is 11.1. The van der Waals surface area contributed by atoms with Gasteiger partial charge in [-0.3, -0.25) is 4.79 Å². The van der Waals surface area contributed by atoms with Gasteiger partial charge >= 0.3 is 0 Å². The van der Waals surface area contributed by atoms with Crippen LogP contribution in [0.25, 0.3) is 10.6 Å². The molecule has 3 aliphatic carbocycles. The third-order valence-electron chi connectivity index (χ3n) is 7.28. The van der Waals surface area contributed by atoms with Crippen LogP contribution in [0.5, 0.6) is 5.75 Å². The summed E-state index contributed by atoms with van der Waals surface area (Å²) in [6.45, 7) is 0. The number of nitrogens with zero attached hydrogens (tertiary/aromatic N) is 1. The van der Waals surface area contributed by atoms with E-state index in [1.807, 2.05) is 24.3 Å². The zero-order valence-corrected chi connectivity index (χ0v) is 20.0. The molecule has 3 atom stereocenters. The number of ether oxygens (including phenoxy) is 1.